The van der Waals surface area contributed by atoms with Crippen molar-refractivity contribution in [3.8, 4) is 0 Å². The fraction of sp³-hybridized carbons (Fsp3) is 0.304. The van der Waals surface area contributed by atoms with E-state index in [9.17, 15) is 0 Å². The first-order chi connectivity index (χ1) is 11.6. The van der Waals surface area contributed by atoms with Gasteiger partial charge in [0.25, 0.3) is 0 Å². The highest BCUT2D eigenvalue weighted by Crippen LogP contribution is 2.63. The molecule has 1 heterocycles. The Labute approximate surface area is 149 Å². The van der Waals surface area contributed by atoms with Crippen molar-refractivity contribution in [2.24, 2.45) is 17.3 Å². The van der Waals surface area contributed by atoms with E-state index < -0.39 is 0 Å². The molecule has 1 heteroatoms. The molecule has 0 aromatic rings. The minimum Gasteiger partial charge on any atom is -0.117 e. The molecule has 0 nitrogen and oxygen atoms in total. The van der Waals surface area contributed by atoms with Crippen LogP contribution in [0.3, 0.4) is 0 Å². The second-order valence-electron chi connectivity index (χ2n) is 7.22. The summed E-state index contributed by atoms with van der Waals surface area (Å²) in [6.07, 6.45) is 22.7. The van der Waals surface area contributed by atoms with Crippen LogP contribution in [0.5, 0.6) is 0 Å². The molecule has 0 amide bonds. The van der Waals surface area contributed by atoms with E-state index in [0.717, 1.165) is 0 Å². The first kappa shape index (κ1) is 15.8. The van der Waals surface area contributed by atoms with Crippen LogP contribution in [0.2, 0.25) is 0 Å². The van der Waals surface area contributed by atoms with Crippen molar-refractivity contribution in [2.75, 3.05) is 0 Å². The summed E-state index contributed by atoms with van der Waals surface area (Å²) in [6, 6.07) is 0. The van der Waals surface area contributed by atoms with Crippen molar-refractivity contribution in [2.45, 2.75) is 26.0 Å². The molecule has 122 valence electrons. The molecule has 3 aliphatic carbocycles. The summed E-state index contributed by atoms with van der Waals surface area (Å²) >= 11 is 2.03. The third-order valence-electron chi connectivity index (χ3n) is 5.70. The highest BCUT2D eigenvalue weighted by atomic mass is 32.2. The van der Waals surface area contributed by atoms with Crippen LogP contribution in [0.1, 0.15) is 20.8 Å². The van der Waals surface area contributed by atoms with Crippen molar-refractivity contribution < 1.29 is 0 Å². The van der Waals surface area contributed by atoms with Crippen LogP contribution in [-0.2, 0) is 0 Å². The lowest BCUT2D eigenvalue weighted by Crippen LogP contribution is -2.31. The Bertz CT molecular complexity index is 809. The molecule has 1 fully saturated rings. The van der Waals surface area contributed by atoms with Crippen molar-refractivity contribution in [1.82, 2.24) is 0 Å². The third kappa shape index (κ3) is 2.07. The highest BCUT2D eigenvalue weighted by molar-refractivity contribution is 8.04. The van der Waals surface area contributed by atoms with Crippen LogP contribution in [0, 0.1) is 17.3 Å². The molecular formula is C23H24S. The van der Waals surface area contributed by atoms with Gasteiger partial charge in [0.2, 0.25) is 0 Å². The Kier molecular flexibility index (Phi) is 3.73. The molecule has 0 aromatic carbocycles. The fourth-order valence-corrected chi connectivity index (χ4v) is 6.32. The maximum Gasteiger partial charge on any atom is 0.0479 e. The van der Waals surface area contributed by atoms with Gasteiger partial charge in [-0.2, -0.15) is 0 Å². The molecular weight excluding hydrogens is 308 g/mol. The Balaban J connectivity index is 1.91. The zero-order valence-electron chi connectivity index (χ0n) is 14.6. The lowest BCUT2D eigenvalue weighted by atomic mass is 9.66. The zero-order chi connectivity index (χ0) is 16.9. The monoisotopic (exact) mass is 332 g/mol. The second kappa shape index (κ2) is 5.67. The summed E-state index contributed by atoms with van der Waals surface area (Å²) in [6.45, 7) is 10.9. The summed E-state index contributed by atoms with van der Waals surface area (Å²) in [5.74, 6) is 1.08. The maximum atomic E-state index is 4.12. The molecule has 0 N–H and O–H groups in total. The molecule has 0 aromatic heterocycles. The molecule has 0 saturated carbocycles. The number of thioether (sulfide) groups is 1. The Morgan fingerprint density at radius 3 is 2.83 bits per heavy atom. The van der Waals surface area contributed by atoms with Gasteiger partial charge in [0.05, 0.1) is 0 Å². The van der Waals surface area contributed by atoms with Crippen LogP contribution in [0.4, 0.5) is 0 Å². The summed E-state index contributed by atoms with van der Waals surface area (Å²) in [5.41, 5.74) is 5.77. The van der Waals surface area contributed by atoms with E-state index in [0.29, 0.717) is 17.1 Å². The molecule has 4 aliphatic rings. The lowest BCUT2D eigenvalue weighted by Gasteiger charge is -2.37. The normalized spacial score (nSPS) is 36.8. The van der Waals surface area contributed by atoms with E-state index in [1.165, 1.54) is 27.2 Å². The van der Waals surface area contributed by atoms with Crippen LogP contribution in [0.25, 0.3) is 0 Å². The lowest BCUT2D eigenvalue weighted by molar-refractivity contribution is 0.504. The Morgan fingerprint density at radius 2 is 2.08 bits per heavy atom. The largest absolute Gasteiger partial charge is 0.117 e. The first-order valence-electron chi connectivity index (χ1n) is 8.77. The molecule has 0 spiro atoms. The van der Waals surface area contributed by atoms with E-state index >= 15 is 0 Å². The van der Waals surface area contributed by atoms with Crippen LogP contribution >= 0.6 is 11.8 Å². The second-order valence-corrected chi connectivity index (χ2v) is 8.37. The average Bonchev–Trinajstić information content (AvgIpc) is 2.88. The van der Waals surface area contributed by atoms with E-state index in [4.69, 9.17) is 0 Å². The van der Waals surface area contributed by atoms with Gasteiger partial charge in [-0.05, 0) is 35.1 Å². The molecule has 1 saturated heterocycles. The fourth-order valence-electron chi connectivity index (χ4n) is 4.51. The van der Waals surface area contributed by atoms with Crippen molar-refractivity contribution in [3.05, 3.63) is 94.5 Å². The van der Waals surface area contributed by atoms with Gasteiger partial charge < -0.3 is 0 Å². The van der Waals surface area contributed by atoms with Crippen molar-refractivity contribution >= 4 is 11.8 Å². The predicted molar refractivity (Wildman–Crippen MR) is 107 cm³/mol. The molecule has 4 rings (SSSR count). The zero-order valence-corrected chi connectivity index (χ0v) is 15.4. The van der Waals surface area contributed by atoms with Gasteiger partial charge in [-0.25, -0.2) is 0 Å². The van der Waals surface area contributed by atoms with Gasteiger partial charge in [-0.1, -0.05) is 81.2 Å². The maximum absolute atomic E-state index is 4.12. The topological polar surface area (TPSA) is 0 Å². The average molecular weight is 333 g/mol. The van der Waals surface area contributed by atoms with E-state index in [1.54, 1.807) is 0 Å². The number of hydrogen-bond acceptors (Lipinski definition) is 1. The number of fused-ring (bicyclic) bond motifs is 4. The standard InChI is InChI=1S/C23H24S/c1-5-9-16-12-13-23(4)21-19-11-8-7-10-18(19)15(3)14-20(21)24-22(23)17(16)6-2/h5-15,18,22H,2H2,1,3-4H3/b9-5-/t15-,18?,22?,23?/m0/s1. The van der Waals surface area contributed by atoms with Gasteiger partial charge in [-0.3, -0.25) is 0 Å². The van der Waals surface area contributed by atoms with Crippen molar-refractivity contribution in [3.63, 3.8) is 0 Å². The minimum absolute atomic E-state index is 0.0499. The highest BCUT2D eigenvalue weighted by Gasteiger charge is 2.50. The number of rotatable bonds is 2. The summed E-state index contributed by atoms with van der Waals surface area (Å²) in [7, 11) is 0. The van der Waals surface area contributed by atoms with E-state index in [1.807, 2.05) is 11.8 Å². The predicted octanol–water partition coefficient (Wildman–Crippen LogP) is 6.31. The quantitative estimate of drug-likeness (QED) is 0.571. The first-order valence-corrected chi connectivity index (χ1v) is 9.65. The van der Waals surface area contributed by atoms with E-state index in [-0.39, 0.29) is 5.41 Å². The Hall–Kier alpha value is -1.73. The summed E-state index contributed by atoms with van der Waals surface area (Å²) in [4.78, 5) is 1.48. The summed E-state index contributed by atoms with van der Waals surface area (Å²) < 4.78 is 0. The number of allylic oxidation sites excluding steroid dienone is 13. The van der Waals surface area contributed by atoms with Crippen LogP contribution in [0.15, 0.2) is 94.5 Å². The Morgan fingerprint density at radius 1 is 1.25 bits per heavy atom. The number of hydrogen-bond donors (Lipinski definition) is 0. The molecule has 4 atom stereocenters. The SMILES string of the molecule is C=CC1=C(/C=C\C)C=CC2(C)C3=C4C=CC=CC4[C@@H](C)C=C3SC12. The minimum atomic E-state index is 0.0499. The van der Waals surface area contributed by atoms with Gasteiger partial charge in [0.1, 0.15) is 0 Å². The van der Waals surface area contributed by atoms with Gasteiger partial charge >= 0.3 is 0 Å². The van der Waals surface area contributed by atoms with Gasteiger partial charge in [0, 0.05) is 21.5 Å². The summed E-state index contributed by atoms with van der Waals surface area (Å²) in [5, 5.41) is 0.421. The van der Waals surface area contributed by atoms with Gasteiger partial charge in [-0.15, -0.1) is 11.8 Å². The van der Waals surface area contributed by atoms with Crippen LogP contribution < -0.4 is 0 Å². The van der Waals surface area contributed by atoms with E-state index in [2.05, 4.69) is 88.1 Å². The smallest absolute Gasteiger partial charge is 0.0479 e. The third-order valence-corrected chi connectivity index (χ3v) is 7.27. The molecule has 0 bridgehead atoms. The molecule has 0 radical (unpaired) electrons. The van der Waals surface area contributed by atoms with Crippen molar-refractivity contribution in [1.29, 1.82) is 0 Å². The molecule has 1 aliphatic heterocycles. The van der Waals surface area contributed by atoms with Crippen LogP contribution in [-0.4, -0.2) is 5.25 Å². The van der Waals surface area contributed by atoms with Gasteiger partial charge in [0.15, 0.2) is 0 Å². The molecule has 24 heavy (non-hydrogen) atoms. The molecule has 3 unspecified atom stereocenters.